The van der Waals surface area contributed by atoms with Crippen LogP contribution in [0.15, 0.2) is 60.7 Å². The third kappa shape index (κ3) is 4.39. The van der Waals surface area contributed by atoms with E-state index in [1.165, 1.54) is 11.1 Å². The van der Waals surface area contributed by atoms with E-state index in [1.54, 1.807) is 0 Å². The standard InChI is InChI=1S/C18H22N2O2/c1-3-7-15(8-4-1)13-21-17-11-19-20-12-18(17)22-14-16-9-5-2-6-10-16/h1-10,17-20H,11-14H2. The van der Waals surface area contributed by atoms with Crippen LogP contribution in [-0.2, 0) is 22.7 Å². The van der Waals surface area contributed by atoms with Gasteiger partial charge in [-0.3, -0.25) is 10.9 Å². The predicted molar refractivity (Wildman–Crippen MR) is 86.0 cm³/mol. The maximum absolute atomic E-state index is 6.04. The molecule has 0 saturated carbocycles. The molecule has 1 aliphatic rings. The molecule has 2 atom stereocenters. The molecule has 1 saturated heterocycles. The quantitative estimate of drug-likeness (QED) is 0.858. The van der Waals surface area contributed by atoms with Gasteiger partial charge in [0.2, 0.25) is 0 Å². The topological polar surface area (TPSA) is 42.5 Å². The maximum Gasteiger partial charge on any atom is 0.0992 e. The molecule has 0 spiro atoms. The van der Waals surface area contributed by atoms with Crippen molar-refractivity contribution in [3.63, 3.8) is 0 Å². The fraction of sp³-hybridized carbons (Fsp3) is 0.333. The number of benzene rings is 2. The van der Waals surface area contributed by atoms with Gasteiger partial charge in [0.05, 0.1) is 25.4 Å². The highest BCUT2D eigenvalue weighted by molar-refractivity contribution is 5.14. The van der Waals surface area contributed by atoms with Crippen LogP contribution in [0.25, 0.3) is 0 Å². The van der Waals surface area contributed by atoms with E-state index < -0.39 is 0 Å². The van der Waals surface area contributed by atoms with Crippen molar-refractivity contribution in [2.75, 3.05) is 13.1 Å². The minimum atomic E-state index is 0.0465. The fourth-order valence-corrected chi connectivity index (χ4v) is 2.50. The minimum Gasteiger partial charge on any atom is -0.369 e. The van der Waals surface area contributed by atoms with E-state index in [2.05, 4.69) is 35.1 Å². The van der Waals surface area contributed by atoms with Crippen molar-refractivity contribution < 1.29 is 9.47 Å². The molecule has 4 heteroatoms. The highest BCUT2D eigenvalue weighted by atomic mass is 16.5. The number of hydrazine groups is 1. The molecule has 1 fully saturated rings. The summed E-state index contributed by atoms with van der Waals surface area (Å²) < 4.78 is 12.1. The molecule has 2 N–H and O–H groups in total. The summed E-state index contributed by atoms with van der Waals surface area (Å²) in [6, 6.07) is 20.5. The molecule has 22 heavy (non-hydrogen) atoms. The summed E-state index contributed by atoms with van der Waals surface area (Å²) in [5.41, 5.74) is 8.65. The van der Waals surface area contributed by atoms with Gasteiger partial charge in [-0.15, -0.1) is 0 Å². The van der Waals surface area contributed by atoms with Crippen LogP contribution in [0.5, 0.6) is 0 Å². The molecule has 1 aliphatic heterocycles. The highest BCUT2D eigenvalue weighted by Gasteiger charge is 2.26. The Morgan fingerprint density at radius 2 is 1.09 bits per heavy atom. The lowest BCUT2D eigenvalue weighted by Gasteiger charge is -2.32. The molecule has 2 unspecified atom stereocenters. The average molecular weight is 298 g/mol. The lowest BCUT2D eigenvalue weighted by molar-refractivity contribution is -0.0974. The third-order valence-corrected chi connectivity index (χ3v) is 3.76. The van der Waals surface area contributed by atoms with Gasteiger partial charge in [-0.05, 0) is 11.1 Å². The summed E-state index contributed by atoms with van der Waals surface area (Å²) >= 11 is 0. The van der Waals surface area contributed by atoms with Gasteiger partial charge in [-0.2, -0.15) is 0 Å². The van der Waals surface area contributed by atoms with Crippen molar-refractivity contribution in [3.8, 4) is 0 Å². The lowest BCUT2D eigenvalue weighted by atomic mass is 10.1. The van der Waals surface area contributed by atoms with Crippen LogP contribution in [0.2, 0.25) is 0 Å². The number of nitrogens with one attached hydrogen (secondary N) is 2. The zero-order valence-corrected chi connectivity index (χ0v) is 12.6. The summed E-state index contributed by atoms with van der Waals surface area (Å²) in [6.07, 6.45) is 0.0929. The Morgan fingerprint density at radius 3 is 1.50 bits per heavy atom. The van der Waals surface area contributed by atoms with Crippen molar-refractivity contribution in [2.24, 2.45) is 0 Å². The first-order chi connectivity index (χ1) is 10.9. The van der Waals surface area contributed by atoms with Gasteiger partial charge < -0.3 is 9.47 Å². The van der Waals surface area contributed by atoms with Crippen LogP contribution >= 0.6 is 0 Å². The molecule has 3 rings (SSSR count). The Labute approximate surface area is 131 Å². The first-order valence-electron chi connectivity index (χ1n) is 7.68. The Bertz CT molecular complexity index is 496. The Kier molecular flexibility index (Phi) is 5.56. The SMILES string of the molecule is c1ccc(COC2CNNCC2OCc2ccccc2)cc1. The first-order valence-corrected chi connectivity index (χ1v) is 7.68. The van der Waals surface area contributed by atoms with Gasteiger partial charge in [0.25, 0.3) is 0 Å². The smallest absolute Gasteiger partial charge is 0.0992 e. The summed E-state index contributed by atoms with van der Waals surface area (Å²) in [7, 11) is 0. The number of ether oxygens (including phenoxy) is 2. The number of hydrogen-bond acceptors (Lipinski definition) is 4. The fourth-order valence-electron chi connectivity index (χ4n) is 2.50. The van der Waals surface area contributed by atoms with Gasteiger partial charge in [-0.1, -0.05) is 60.7 Å². The van der Waals surface area contributed by atoms with E-state index >= 15 is 0 Å². The van der Waals surface area contributed by atoms with Crippen molar-refractivity contribution in [1.29, 1.82) is 0 Å². The summed E-state index contributed by atoms with van der Waals surface area (Å²) in [4.78, 5) is 0. The summed E-state index contributed by atoms with van der Waals surface area (Å²) in [5.74, 6) is 0. The van der Waals surface area contributed by atoms with Crippen molar-refractivity contribution in [1.82, 2.24) is 10.9 Å². The van der Waals surface area contributed by atoms with E-state index in [0.717, 1.165) is 13.1 Å². The van der Waals surface area contributed by atoms with Crippen LogP contribution in [0.1, 0.15) is 11.1 Å². The van der Waals surface area contributed by atoms with E-state index in [4.69, 9.17) is 9.47 Å². The molecule has 0 bridgehead atoms. The molecule has 2 aromatic rings. The van der Waals surface area contributed by atoms with E-state index in [9.17, 15) is 0 Å². The molecule has 116 valence electrons. The second kappa shape index (κ2) is 8.06. The Morgan fingerprint density at radius 1 is 0.682 bits per heavy atom. The Hall–Kier alpha value is -1.72. The molecular formula is C18H22N2O2. The van der Waals surface area contributed by atoms with Crippen LogP contribution in [0.4, 0.5) is 0 Å². The molecule has 0 radical (unpaired) electrons. The van der Waals surface area contributed by atoms with Crippen LogP contribution in [0.3, 0.4) is 0 Å². The highest BCUT2D eigenvalue weighted by Crippen LogP contribution is 2.12. The molecule has 0 aromatic heterocycles. The average Bonchev–Trinajstić information content (AvgIpc) is 2.61. The first kappa shape index (κ1) is 15.2. The van der Waals surface area contributed by atoms with Crippen molar-refractivity contribution in [2.45, 2.75) is 25.4 Å². The largest absolute Gasteiger partial charge is 0.369 e. The van der Waals surface area contributed by atoms with E-state index in [0.29, 0.717) is 13.2 Å². The zero-order chi connectivity index (χ0) is 15.0. The minimum absolute atomic E-state index is 0.0465. The van der Waals surface area contributed by atoms with Crippen LogP contribution in [0, 0.1) is 0 Å². The zero-order valence-electron chi connectivity index (χ0n) is 12.6. The maximum atomic E-state index is 6.04. The van der Waals surface area contributed by atoms with Gasteiger partial charge in [-0.25, -0.2) is 0 Å². The second-order valence-electron chi connectivity index (χ2n) is 5.43. The molecule has 4 nitrogen and oxygen atoms in total. The molecule has 0 aliphatic carbocycles. The van der Waals surface area contributed by atoms with Gasteiger partial charge in [0.15, 0.2) is 0 Å². The van der Waals surface area contributed by atoms with Crippen molar-refractivity contribution in [3.05, 3.63) is 71.8 Å². The van der Waals surface area contributed by atoms with Crippen LogP contribution in [-0.4, -0.2) is 25.3 Å². The van der Waals surface area contributed by atoms with E-state index in [1.807, 2.05) is 36.4 Å². The lowest BCUT2D eigenvalue weighted by Crippen LogP contribution is -2.56. The summed E-state index contributed by atoms with van der Waals surface area (Å²) in [6.45, 7) is 2.70. The molecular weight excluding hydrogens is 276 g/mol. The van der Waals surface area contributed by atoms with Gasteiger partial charge >= 0.3 is 0 Å². The third-order valence-electron chi connectivity index (χ3n) is 3.76. The molecule has 2 aromatic carbocycles. The second-order valence-corrected chi connectivity index (χ2v) is 5.43. The monoisotopic (exact) mass is 298 g/mol. The molecule has 0 amide bonds. The van der Waals surface area contributed by atoms with Crippen molar-refractivity contribution >= 4 is 0 Å². The number of rotatable bonds is 6. The normalized spacial score (nSPS) is 21.6. The predicted octanol–water partition coefficient (Wildman–Crippen LogP) is 2.26. The van der Waals surface area contributed by atoms with Gasteiger partial charge in [0.1, 0.15) is 0 Å². The number of hydrogen-bond donors (Lipinski definition) is 2. The van der Waals surface area contributed by atoms with Gasteiger partial charge in [0, 0.05) is 13.1 Å². The van der Waals surface area contributed by atoms with E-state index in [-0.39, 0.29) is 12.2 Å². The van der Waals surface area contributed by atoms with Crippen LogP contribution < -0.4 is 10.9 Å². The molecule has 1 heterocycles. The summed E-state index contributed by atoms with van der Waals surface area (Å²) in [5, 5.41) is 0. The Balaban J connectivity index is 1.52.